The van der Waals surface area contributed by atoms with Crippen LogP contribution < -0.4 is 0 Å². The summed E-state index contributed by atoms with van der Waals surface area (Å²) in [5.74, 6) is 0. The van der Waals surface area contributed by atoms with Crippen LogP contribution in [0, 0.1) is 0 Å². The molecule has 0 saturated carbocycles. The topological polar surface area (TPSA) is 32.6 Å². The first-order chi connectivity index (χ1) is 6.46. The molecule has 0 aliphatic carbocycles. The highest BCUT2D eigenvalue weighted by Crippen LogP contribution is 2.17. The zero-order valence-corrected chi connectivity index (χ0v) is 13.5. The van der Waals surface area contributed by atoms with E-state index in [0.717, 1.165) is 5.33 Å². The fourth-order valence-electron chi connectivity index (χ4n) is 1.36. The summed E-state index contributed by atoms with van der Waals surface area (Å²) in [5, 5.41) is 11.5. The SMILES string of the molecule is CC(C)N=C(C(O)[Si](C)(C)C)[Si](C)(C)C. The average Bonchev–Trinajstić information content (AvgIpc) is 1.94. The molecule has 0 aliphatic rings. The molecule has 0 bridgehead atoms. The summed E-state index contributed by atoms with van der Waals surface area (Å²) < 4.78 is 0. The van der Waals surface area contributed by atoms with Crippen molar-refractivity contribution in [3.8, 4) is 0 Å². The van der Waals surface area contributed by atoms with Crippen LogP contribution in [0.15, 0.2) is 4.99 Å². The lowest BCUT2D eigenvalue weighted by molar-refractivity contribution is 0.309. The molecule has 4 heteroatoms. The molecule has 1 atom stereocenters. The smallest absolute Gasteiger partial charge is 0.0983 e. The van der Waals surface area contributed by atoms with Crippen molar-refractivity contribution in [1.82, 2.24) is 0 Å². The van der Waals surface area contributed by atoms with Gasteiger partial charge in [-0.3, -0.25) is 4.99 Å². The van der Waals surface area contributed by atoms with E-state index in [-0.39, 0.29) is 11.8 Å². The number of aliphatic hydroxyl groups is 1. The van der Waals surface area contributed by atoms with Crippen molar-refractivity contribution in [2.75, 3.05) is 0 Å². The molecule has 90 valence electrons. The molecule has 0 spiro atoms. The molecule has 1 unspecified atom stereocenters. The van der Waals surface area contributed by atoms with Crippen molar-refractivity contribution >= 4 is 21.5 Å². The third kappa shape index (κ3) is 5.08. The molecule has 1 N–H and O–H groups in total. The minimum absolute atomic E-state index is 0.272. The lowest BCUT2D eigenvalue weighted by atomic mass is 10.4. The zero-order chi connectivity index (χ0) is 12.4. The van der Waals surface area contributed by atoms with Gasteiger partial charge < -0.3 is 5.11 Å². The Kier molecular flexibility index (Phi) is 4.95. The van der Waals surface area contributed by atoms with E-state index in [2.05, 4.69) is 58.1 Å². The fourth-order valence-corrected chi connectivity index (χ4v) is 6.32. The third-order valence-corrected chi connectivity index (χ3v) is 6.39. The second-order valence-corrected chi connectivity index (χ2v) is 16.9. The Morgan fingerprint density at radius 3 is 1.60 bits per heavy atom. The van der Waals surface area contributed by atoms with E-state index >= 15 is 0 Å². The second-order valence-electron chi connectivity index (χ2n) is 6.63. The average molecular weight is 246 g/mol. The van der Waals surface area contributed by atoms with Gasteiger partial charge in [-0.15, -0.1) is 0 Å². The van der Waals surface area contributed by atoms with Gasteiger partial charge >= 0.3 is 0 Å². The van der Waals surface area contributed by atoms with E-state index < -0.39 is 16.1 Å². The summed E-state index contributed by atoms with van der Waals surface area (Å²) in [6.45, 7) is 17.6. The van der Waals surface area contributed by atoms with Gasteiger partial charge in [0.1, 0.15) is 0 Å². The van der Waals surface area contributed by atoms with Crippen molar-refractivity contribution in [1.29, 1.82) is 0 Å². The van der Waals surface area contributed by atoms with Gasteiger partial charge in [0, 0.05) is 11.4 Å². The molecule has 2 nitrogen and oxygen atoms in total. The minimum atomic E-state index is -1.54. The molecule has 0 aromatic rings. The molecule has 15 heavy (non-hydrogen) atoms. The number of nitrogens with zero attached hydrogens (tertiary/aromatic N) is 1. The van der Waals surface area contributed by atoms with E-state index in [1.54, 1.807) is 0 Å². The van der Waals surface area contributed by atoms with Gasteiger partial charge in [-0.05, 0) is 13.8 Å². The molecular weight excluding hydrogens is 218 g/mol. The summed E-state index contributed by atoms with van der Waals surface area (Å²) in [5.41, 5.74) is -0.272. The summed E-state index contributed by atoms with van der Waals surface area (Å²) in [4.78, 5) is 4.68. The van der Waals surface area contributed by atoms with Crippen molar-refractivity contribution < 1.29 is 5.11 Å². The molecule has 0 saturated heterocycles. The van der Waals surface area contributed by atoms with Gasteiger partial charge in [0.25, 0.3) is 0 Å². The molecule has 0 radical (unpaired) electrons. The monoisotopic (exact) mass is 245 g/mol. The van der Waals surface area contributed by atoms with Crippen molar-refractivity contribution in [2.45, 2.75) is 64.9 Å². The molecule has 0 fully saturated rings. The van der Waals surface area contributed by atoms with Crippen LogP contribution in [-0.2, 0) is 0 Å². The summed E-state index contributed by atoms with van der Waals surface area (Å²) in [6.07, 6.45) is 0. The predicted octanol–water partition coefficient (Wildman–Crippen LogP) is 2.95. The first-order valence-corrected chi connectivity index (χ1v) is 12.8. The number of aliphatic imine (C=N–C) groups is 1. The van der Waals surface area contributed by atoms with Gasteiger partial charge in [-0.2, -0.15) is 0 Å². The first-order valence-electron chi connectivity index (χ1n) is 5.72. The highest BCUT2D eigenvalue weighted by atomic mass is 28.3. The summed E-state index contributed by atoms with van der Waals surface area (Å²) in [7, 11) is -3.03. The van der Waals surface area contributed by atoms with Gasteiger partial charge in [-0.1, -0.05) is 39.3 Å². The van der Waals surface area contributed by atoms with Crippen LogP contribution in [0.25, 0.3) is 0 Å². The van der Waals surface area contributed by atoms with Crippen molar-refractivity contribution in [3.05, 3.63) is 0 Å². The fraction of sp³-hybridized carbons (Fsp3) is 0.909. The highest BCUT2D eigenvalue weighted by Gasteiger charge is 2.36. The third-order valence-electron chi connectivity index (χ3n) is 2.25. The number of aliphatic hydroxyl groups excluding tert-OH is 1. The molecule has 0 aromatic heterocycles. The minimum Gasteiger partial charge on any atom is -0.391 e. The number of hydrogen-bond donors (Lipinski definition) is 1. The lowest BCUT2D eigenvalue weighted by Gasteiger charge is -2.32. The Morgan fingerprint density at radius 2 is 1.40 bits per heavy atom. The van der Waals surface area contributed by atoms with Gasteiger partial charge in [0.2, 0.25) is 0 Å². The van der Waals surface area contributed by atoms with Crippen LogP contribution in [0.4, 0.5) is 0 Å². The molecule has 0 rings (SSSR count). The lowest BCUT2D eigenvalue weighted by Crippen LogP contribution is -2.53. The van der Waals surface area contributed by atoms with Gasteiger partial charge in [0.15, 0.2) is 0 Å². The van der Waals surface area contributed by atoms with Crippen molar-refractivity contribution in [3.63, 3.8) is 0 Å². The van der Waals surface area contributed by atoms with Crippen LogP contribution in [-0.4, -0.2) is 38.4 Å². The predicted molar refractivity (Wildman–Crippen MR) is 75.3 cm³/mol. The number of hydrogen-bond acceptors (Lipinski definition) is 2. The van der Waals surface area contributed by atoms with Crippen LogP contribution in [0.2, 0.25) is 39.3 Å². The summed E-state index contributed by atoms with van der Waals surface area (Å²) in [6, 6.07) is 0.290. The first kappa shape index (κ1) is 15.1. The molecular formula is C11H27NOSi2. The standard InChI is InChI=1S/C11H27NOSi2/c1-9(2)12-10(14(3,4)5)11(13)15(6,7)8/h9,11,13H,1-8H3. The van der Waals surface area contributed by atoms with E-state index in [0.29, 0.717) is 0 Å². The normalized spacial score (nSPS) is 17.1. The largest absolute Gasteiger partial charge is 0.391 e. The Bertz CT molecular complexity index is 236. The number of rotatable bonds is 4. The van der Waals surface area contributed by atoms with Gasteiger partial charge in [0.05, 0.1) is 21.9 Å². The van der Waals surface area contributed by atoms with Gasteiger partial charge in [-0.25, -0.2) is 0 Å². The Morgan fingerprint density at radius 1 is 1.00 bits per heavy atom. The van der Waals surface area contributed by atoms with E-state index in [1.807, 2.05) is 0 Å². The van der Waals surface area contributed by atoms with Crippen LogP contribution in [0.5, 0.6) is 0 Å². The molecule has 0 aliphatic heterocycles. The maximum Gasteiger partial charge on any atom is 0.0983 e. The van der Waals surface area contributed by atoms with Crippen LogP contribution in [0.1, 0.15) is 13.8 Å². The highest BCUT2D eigenvalue weighted by molar-refractivity contribution is 7.08. The Labute approximate surface area is 96.8 Å². The maximum absolute atomic E-state index is 10.4. The molecule has 0 amide bonds. The summed E-state index contributed by atoms with van der Waals surface area (Å²) >= 11 is 0. The van der Waals surface area contributed by atoms with E-state index in [4.69, 9.17) is 0 Å². The quantitative estimate of drug-likeness (QED) is 0.599. The second kappa shape index (κ2) is 4.93. The molecule has 0 heterocycles. The Hall–Kier alpha value is 0.0638. The van der Waals surface area contributed by atoms with Crippen LogP contribution in [0.3, 0.4) is 0 Å². The van der Waals surface area contributed by atoms with E-state index in [1.165, 1.54) is 0 Å². The van der Waals surface area contributed by atoms with Crippen LogP contribution >= 0.6 is 0 Å². The van der Waals surface area contributed by atoms with Crippen molar-refractivity contribution in [2.24, 2.45) is 4.99 Å². The molecule has 0 aromatic carbocycles. The zero-order valence-electron chi connectivity index (χ0n) is 11.5. The maximum atomic E-state index is 10.4. The van der Waals surface area contributed by atoms with E-state index in [9.17, 15) is 5.11 Å². The Balaban J connectivity index is 5.15.